The number of halogens is 1. The Balaban J connectivity index is 1.42. The number of benzene rings is 2. The Morgan fingerprint density at radius 2 is 1.67 bits per heavy atom. The number of methoxy groups -OCH3 is 1. The van der Waals surface area contributed by atoms with E-state index in [1.807, 2.05) is 12.1 Å². The van der Waals surface area contributed by atoms with E-state index < -0.39 is 10.0 Å². The summed E-state index contributed by atoms with van der Waals surface area (Å²) in [5, 5.41) is 3.66. The third-order valence-corrected chi connectivity index (χ3v) is 7.22. The Bertz CT molecular complexity index is 938. The number of carbonyl (C=O) groups excluding carboxylic acids is 1. The quantitative estimate of drug-likeness (QED) is 0.641. The topological polar surface area (TPSA) is 84.5 Å². The molecule has 3 rings (SSSR count). The first-order valence-electron chi connectivity index (χ1n) is 10.0. The van der Waals surface area contributed by atoms with E-state index in [0.717, 1.165) is 31.2 Å². The first kappa shape index (κ1) is 22.6. The maximum Gasteiger partial charge on any atom is 0.240 e. The molecule has 162 valence electrons. The van der Waals surface area contributed by atoms with Gasteiger partial charge in [-0.1, -0.05) is 23.7 Å². The highest BCUT2D eigenvalue weighted by molar-refractivity contribution is 7.89. The van der Waals surface area contributed by atoms with Gasteiger partial charge in [0.1, 0.15) is 5.75 Å². The molecule has 2 N–H and O–H groups in total. The molecule has 0 saturated heterocycles. The van der Waals surface area contributed by atoms with Crippen LogP contribution in [0, 0.1) is 11.8 Å². The van der Waals surface area contributed by atoms with Crippen LogP contribution in [0.5, 0.6) is 5.75 Å². The minimum Gasteiger partial charge on any atom is -0.497 e. The highest BCUT2D eigenvalue weighted by Crippen LogP contribution is 2.29. The Labute approximate surface area is 183 Å². The minimum absolute atomic E-state index is 0.0215. The summed E-state index contributed by atoms with van der Waals surface area (Å²) in [6, 6.07) is 13.7. The molecule has 0 aromatic heterocycles. The number of hydrogen-bond donors (Lipinski definition) is 2. The monoisotopic (exact) mass is 450 g/mol. The fourth-order valence-corrected chi connectivity index (χ4v) is 4.87. The first-order valence-corrected chi connectivity index (χ1v) is 11.9. The molecule has 0 aliphatic heterocycles. The fourth-order valence-electron chi connectivity index (χ4n) is 3.63. The number of carbonyl (C=O) groups is 1. The van der Waals surface area contributed by atoms with Gasteiger partial charge in [-0.25, -0.2) is 13.1 Å². The first-order chi connectivity index (χ1) is 14.4. The van der Waals surface area contributed by atoms with Gasteiger partial charge in [-0.2, -0.15) is 0 Å². The molecule has 1 aliphatic rings. The van der Waals surface area contributed by atoms with Crippen LogP contribution in [0.1, 0.15) is 31.2 Å². The Hall–Kier alpha value is -2.09. The summed E-state index contributed by atoms with van der Waals surface area (Å²) in [6.45, 7) is 0.866. The minimum atomic E-state index is -3.55. The molecule has 2 aromatic carbocycles. The molecule has 0 radical (unpaired) electrons. The van der Waals surface area contributed by atoms with E-state index >= 15 is 0 Å². The second-order valence-electron chi connectivity index (χ2n) is 7.59. The van der Waals surface area contributed by atoms with Crippen LogP contribution in [0.2, 0.25) is 5.02 Å². The van der Waals surface area contributed by atoms with Gasteiger partial charge in [-0.3, -0.25) is 4.79 Å². The van der Waals surface area contributed by atoms with Crippen LogP contribution in [0.25, 0.3) is 0 Å². The second-order valence-corrected chi connectivity index (χ2v) is 9.79. The van der Waals surface area contributed by atoms with Crippen molar-refractivity contribution in [3.63, 3.8) is 0 Å². The van der Waals surface area contributed by atoms with E-state index in [4.69, 9.17) is 16.3 Å². The van der Waals surface area contributed by atoms with Gasteiger partial charge in [0.25, 0.3) is 0 Å². The zero-order valence-corrected chi connectivity index (χ0v) is 18.5. The van der Waals surface area contributed by atoms with Gasteiger partial charge in [0.15, 0.2) is 0 Å². The molecular formula is C22H27ClN2O4S. The average Bonchev–Trinajstić information content (AvgIpc) is 2.77. The highest BCUT2D eigenvalue weighted by Gasteiger charge is 2.27. The van der Waals surface area contributed by atoms with Gasteiger partial charge in [0.2, 0.25) is 15.9 Å². The van der Waals surface area contributed by atoms with E-state index in [1.165, 1.54) is 19.2 Å². The number of hydrogen-bond acceptors (Lipinski definition) is 4. The van der Waals surface area contributed by atoms with Crippen LogP contribution < -0.4 is 14.8 Å². The largest absolute Gasteiger partial charge is 0.497 e. The molecule has 0 bridgehead atoms. The summed E-state index contributed by atoms with van der Waals surface area (Å²) < 4.78 is 32.7. The van der Waals surface area contributed by atoms with Crippen molar-refractivity contribution < 1.29 is 17.9 Å². The number of sulfonamides is 1. The number of ether oxygens (including phenoxy) is 1. The third kappa shape index (κ3) is 6.20. The van der Waals surface area contributed by atoms with E-state index in [2.05, 4.69) is 10.0 Å². The van der Waals surface area contributed by atoms with Crippen molar-refractivity contribution in [1.29, 1.82) is 0 Å². The number of amides is 1. The van der Waals surface area contributed by atoms with E-state index in [-0.39, 0.29) is 22.6 Å². The summed E-state index contributed by atoms with van der Waals surface area (Å²) in [5.41, 5.74) is 1.01. The molecule has 30 heavy (non-hydrogen) atoms. The van der Waals surface area contributed by atoms with Gasteiger partial charge >= 0.3 is 0 Å². The zero-order valence-electron chi connectivity index (χ0n) is 16.9. The predicted octanol–water partition coefficient (Wildman–Crippen LogP) is 3.75. The second kappa shape index (κ2) is 10.3. The lowest BCUT2D eigenvalue weighted by Crippen LogP contribution is -2.36. The fraction of sp³-hybridized carbons (Fsp3) is 0.409. The lowest BCUT2D eigenvalue weighted by Gasteiger charge is -2.28. The van der Waals surface area contributed by atoms with Crippen LogP contribution in [-0.2, 0) is 21.4 Å². The lowest BCUT2D eigenvalue weighted by atomic mass is 9.81. The Kier molecular flexibility index (Phi) is 7.75. The molecule has 1 aliphatic carbocycles. The van der Waals surface area contributed by atoms with E-state index in [1.54, 1.807) is 24.3 Å². The Morgan fingerprint density at radius 1 is 1.03 bits per heavy atom. The van der Waals surface area contributed by atoms with Gasteiger partial charge in [-0.05, 0) is 73.6 Å². The van der Waals surface area contributed by atoms with E-state index in [0.29, 0.717) is 23.9 Å². The molecule has 0 unspecified atom stereocenters. The van der Waals surface area contributed by atoms with Gasteiger partial charge in [-0.15, -0.1) is 0 Å². The summed E-state index contributed by atoms with van der Waals surface area (Å²) >= 11 is 5.88. The van der Waals surface area contributed by atoms with Crippen molar-refractivity contribution in [2.75, 3.05) is 13.7 Å². The smallest absolute Gasteiger partial charge is 0.240 e. The standard InChI is InChI=1S/C22H27ClN2O4S/c1-29-20-10-12-21(13-11-20)30(27,28)25-15-17-2-6-18(7-3-17)22(26)24-14-16-4-8-19(23)9-5-16/h4-5,8-13,17-18,25H,2-3,6-7,14-15H2,1H3,(H,24,26). The summed E-state index contributed by atoms with van der Waals surface area (Å²) in [7, 11) is -2.01. The van der Waals surface area contributed by atoms with Crippen molar-refractivity contribution >= 4 is 27.5 Å². The molecule has 2 aromatic rings. The summed E-state index contributed by atoms with van der Waals surface area (Å²) in [6.07, 6.45) is 3.18. The van der Waals surface area contributed by atoms with Gasteiger partial charge in [0.05, 0.1) is 12.0 Å². The molecule has 1 fully saturated rings. The third-order valence-electron chi connectivity index (χ3n) is 5.53. The van der Waals surface area contributed by atoms with Crippen LogP contribution in [-0.4, -0.2) is 28.0 Å². The average molecular weight is 451 g/mol. The maximum atomic E-state index is 12.5. The molecule has 8 heteroatoms. The molecule has 1 saturated carbocycles. The summed E-state index contributed by atoms with van der Waals surface area (Å²) in [5.74, 6) is 0.883. The molecule has 1 amide bonds. The summed E-state index contributed by atoms with van der Waals surface area (Å²) in [4.78, 5) is 12.7. The van der Waals surface area contributed by atoms with Gasteiger partial charge < -0.3 is 10.1 Å². The predicted molar refractivity (Wildman–Crippen MR) is 117 cm³/mol. The molecule has 0 heterocycles. The maximum absolute atomic E-state index is 12.5. The van der Waals surface area contributed by atoms with Crippen molar-refractivity contribution in [3.05, 3.63) is 59.1 Å². The SMILES string of the molecule is COc1ccc(S(=O)(=O)NCC2CCC(C(=O)NCc3ccc(Cl)cc3)CC2)cc1. The van der Waals surface area contributed by atoms with Crippen LogP contribution in [0.3, 0.4) is 0 Å². The van der Waals surface area contributed by atoms with Gasteiger partial charge in [0, 0.05) is 24.0 Å². The molecule has 0 atom stereocenters. The normalized spacial score (nSPS) is 19.3. The Morgan fingerprint density at radius 3 is 2.27 bits per heavy atom. The number of rotatable bonds is 8. The van der Waals surface area contributed by atoms with Crippen LogP contribution in [0.4, 0.5) is 0 Å². The molecule has 0 spiro atoms. The van der Waals surface area contributed by atoms with Crippen molar-refractivity contribution in [2.45, 2.75) is 37.1 Å². The number of nitrogens with one attached hydrogen (secondary N) is 2. The van der Waals surface area contributed by atoms with Crippen molar-refractivity contribution in [2.24, 2.45) is 11.8 Å². The lowest BCUT2D eigenvalue weighted by molar-refractivity contribution is -0.126. The van der Waals surface area contributed by atoms with Crippen molar-refractivity contribution in [3.8, 4) is 5.75 Å². The van der Waals surface area contributed by atoms with E-state index in [9.17, 15) is 13.2 Å². The molecule has 6 nitrogen and oxygen atoms in total. The van der Waals surface area contributed by atoms with Crippen LogP contribution in [0.15, 0.2) is 53.4 Å². The van der Waals surface area contributed by atoms with Crippen LogP contribution >= 0.6 is 11.6 Å². The molecular weight excluding hydrogens is 424 g/mol. The zero-order chi connectivity index (χ0) is 21.6. The highest BCUT2D eigenvalue weighted by atomic mass is 35.5. The van der Waals surface area contributed by atoms with Crippen molar-refractivity contribution in [1.82, 2.24) is 10.0 Å².